The molecule has 1 saturated heterocycles. The quantitative estimate of drug-likeness (QED) is 0.808. The summed E-state index contributed by atoms with van der Waals surface area (Å²) in [5, 5.41) is 10.1. The number of carboxylic acids is 1. The van der Waals surface area contributed by atoms with Crippen molar-refractivity contribution in [3.63, 3.8) is 0 Å². The van der Waals surface area contributed by atoms with Gasteiger partial charge < -0.3 is 5.11 Å². The summed E-state index contributed by atoms with van der Waals surface area (Å²) in [6, 6.07) is 11.6. The lowest BCUT2D eigenvalue weighted by Crippen LogP contribution is -2.39. The largest absolute Gasteiger partial charge is 0.481 e. The molecule has 6 heteroatoms. The average Bonchev–Trinajstić information content (AvgIpc) is 2.60. The summed E-state index contributed by atoms with van der Waals surface area (Å²) in [6.07, 6.45) is 1.09. The van der Waals surface area contributed by atoms with Crippen molar-refractivity contribution in [1.82, 2.24) is 4.90 Å². The van der Waals surface area contributed by atoms with E-state index in [2.05, 4.69) is 4.90 Å². The molecule has 1 fully saturated rings. The first-order chi connectivity index (χ1) is 12.0. The molecule has 0 spiro atoms. The lowest BCUT2D eigenvalue weighted by atomic mass is 9.91. The van der Waals surface area contributed by atoms with Crippen LogP contribution in [0.2, 0.25) is 10.0 Å². The van der Waals surface area contributed by atoms with E-state index in [0.29, 0.717) is 41.5 Å². The second-order valence-corrected chi connectivity index (χ2v) is 7.06. The van der Waals surface area contributed by atoms with Crippen LogP contribution in [0.4, 0.5) is 4.39 Å². The van der Waals surface area contributed by atoms with Crippen LogP contribution >= 0.6 is 23.2 Å². The molecule has 1 atom stereocenters. The van der Waals surface area contributed by atoms with Crippen molar-refractivity contribution >= 4 is 29.2 Å². The van der Waals surface area contributed by atoms with Crippen LogP contribution in [-0.2, 0) is 4.79 Å². The summed E-state index contributed by atoms with van der Waals surface area (Å²) in [6.45, 7) is 1.16. The number of likely N-dealkylation sites (tertiary alicyclic amines) is 1. The average molecular weight is 382 g/mol. The fourth-order valence-corrected chi connectivity index (χ4v) is 3.68. The molecule has 0 amide bonds. The third-order valence-corrected chi connectivity index (χ3v) is 5.44. The van der Waals surface area contributed by atoms with E-state index in [1.165, 1.54) is 6.07 Å². The summed E-state index contributed by atoms with van der Waals surface area (Å²) in [7, 11) is 0. The number of benzene rings is 2. The van der Waals surface area contributed by atoms with E-state index in [9.17, 15) is 14.3 Å². The number of carbonyl (C=O) groups is 1. The Morgan fingerprint density at radius 2 is 1.80 bits per heavy atom. The Bertz CT molecular complexity index is 776. The van der Waals surface area contributed by atoms with E-state index >= 15 is 0 Å². The number of nitrogens with zero attached hydrogens (tertiary/aromatic N) is 1. The highest BCUT2D eigenvalue weighted by Crippen LogP contribution is 2.36. The molecule has 25 heavy (non-hydrogen) atoms. The SMILES string of the molecule is O=C(O)C1CCN(C(c2ccc(Cl)c(Cl)c2)c2ccccc2F)CC1. The fourth-order valence-electron chi connectivity index (χ4n) is 3.37. The van der Waals surface area contributed by atoms with Crippen LogP contribution in [0.3, 0.4) is 0 Å². The molecule has 2 aromatic rings. The zero-order valence-corrected chi connectivity index (χ0v) is 15.0. The number of piperidine rings is 1. The van der Waals surface area contributed by atoms with Gasteiger partial charge in [0.2, 0.25) is 0 Å². The lowest BCUT2D eigenvalue weighted by molar-refractivity contribution is -0.143. The normalized spacial score (nSPS) is 17.4. The van der Waals surface area contributed by atoms with Crippen LogP contribution < -0.4 is 0 Å². The summed E-state index contributed by atoms with van der Waals surface area (Å²) in [4.78, 5) is 13.3. The predicted molar refractivity (Wildman–Crippen MR) is 96.6 cm³/mol. The number of hydrogen-bond acceptors (Lipinski definition) is 2. The smallest absolute Gasteiger partial charge is 0.306 e. The molecule has 1 aliphatic heterocycles. The lowest BCUT2D eigenvalue weighted by Gasteiger charge is -2.37. The maximum absolute atomic E-state index is 14.5. The molecule has 132 valence electrons. The Balaban J connectivity index is 1.97. The molecule has 0 radical (unpaired) electrons. The topological polar surface area (TPSA) is 40.5 Å². The maximum Gasteiger partial charge on any atom is 0.306 e. The molecule has 0 aromatic heterocycles. The van der Waals surface area contributed by atoms with Gasteiger partial charge in [-0.2, -0.15) is 0 Å². The monoisotopic (exact) mass is 381 g/mol. The van der Waals surface area contributed by atoms with Crippen molar-refractivity contribution in [2.45, 2.75) is 18.9 Å². The number of aliphatic carboxylic acids is 1. The molecule has 3 rings (SSSR count). The van der Waals surface area contributed by atoms with Gasteiger partial charge in [0.15, 0.2) is 0 Å². The van der Waals surface area contributed by atoms with Crippen LogP contribution in [0.15, 0.2) is 42.5 Å². The highest BCUT2D eigenvalue weighted by atomic mass is 35.5. The Labute approximate surface area is 156 Å². The number of rotatable bonds is 4. The van der Waals surface area contributed by atoms with Crippen molar-refractivity contribution in [2.75, 3.05) is 13.1 Å². The van der Waals surface area contributed by atoms with Crippen LogP contribution in [0, 0.1) is 11.7 Å². The first-order valence-electron chi connectivity index (χ1n) is 8.13. The summed E-state index contributed by atoms with van der Waals surface area (Å²) in [5.74, 6) is -1.40. The van der Waals surface area contributed by atoms with Gasteiger partial charge in [-0.3, -0.25) is 9.69 Å². The van der Waals surface area contributed by atoms with Crippen LogP contribution in [0.5, 0.6) is 0 Å². The third-order valence-electron chi connectivity index (χ3n) is 4.70. The molecule has 1 N–H and O–H groups in total. The molecular formula is C19H18Cl2FNO2. The highest BCUT2D eigenvalue weighted by Gasteiger charge is 2.31. The molecule has 2 aromatic carbocycles. The zero-order chi connectivity index (χ0) is 18.0. The van der Waals surface area contributed by atoms with E-state index in [0.717, 1.165) is 5.56 Å². The second-order valence-electron chi connectivity index (χ2n) is 6.25. The molecule has 3 nitrogen and oxygen atoms in total. The van der Waals surface area contributed by atoms with Crippen LogP contribution in [0.25, 0.3) is 0 Å². The minimum atomic E-state index is -0.767. The Morgan fingerprint density at radius 1 is 1.12 bits per heavy atom. The minimum absolute atomic E-state index is 0.293. The molecular weight excluding hydrogens is 364 g/mol. The number of hydrogen-bond donors (Lipinski definition) is 1. The number of carboxylic acid groups (broad SMARTS) is 1. The van der Waals surface area contributed by atoms with Crippen LogP contribution in [-0.4, -0.2) is 29.1 Å². The minimum Gasteiger partial charge on any atom is -0.481 e. The zero-order valence-electron chi connectivity index (χ0n) is 13.5. The van der Waals surface area contributed by atoms with Crippen LogP contribution in [0.1, 0.15) is 30.0 Å². The second kappa shape index (κ2) is 7.73. The molecule has 0 saturated carbocycles. The van der Waals surface area contributed by atoms with Gasteiger partial charge in [0.25, 0.3) is 0 Å². The van der Waals surface area contributed by atoms with Gasteiger partial charge in [-0.15, -0.1) is 0 Å². The van der Waals surface area contributed by atoms with Crippen molar-refractivity contribution in [2.24, 2.45) is 5.92 Å². The molecule has 1 unspecified atom stereocenters. The summed E-state index contributed by atoms with van der Waals surface area (Å²) < 4.78 is 14.5. The van der Waals surface area contributed by atoms with E-state index in [1.807, 2.05) is 6.07 Å². The van der Waals surface area contributed by atoms with Gasteiger partial charge in [-0.25, -0.2) is 4.39 Å². The molecule has 0 aliphatic carbocycles. The summed E-state index contributed by atoms with van der Waals surface area (Å²) >= 11 is 12.2. The number of halogens is 3. The fraction of sp³-hybridized carbons (Fsp3) is 0.316. The Hall–Kier alpha value is -1.62. The molecule has 1 aliphatic rings. The molecule has 0 bridgehead atoms. The van der Waals surface area contributed by atoms with E-state index in [4.69, 9.17) is 23.2 Å². The van der Waals surface area contributed by atoms with E-state index in [1.54, 1.807) is 30.3 Å². The van der Waals surface area contributed by atoms with Gasteiger partial charge in [0.1, 0.15) is 5.82 Å². The van der Waals surface area contributed by atoms with Gasteiger partial charge in [0, 0.05) is 5.56 Å². The highest BCUT2D eigenvalue weighted by molar-refractivity contribution is 6.42. The summed E-state index contributed by atoms with van der Waals surface area (Å²) in [5.41, 5.74) is 1.39. The van der Waals surface area contributed by atoms with Gasteiger partial charge >= 0.3 is 5.97 Å². The third kappa shape index (κ3) is 3.97. The van der Waals surface area contributed by atoms with E-state index in [-0.39, 0.29) is 17.8 Å². The van der Waals surface area contributed by atoms with Crippen molar-refractivity contribution in [3.05, 3.63) is 69.5 Å². The van der Waals surface area contributed by atoms with Gasteiger partial charge in [-0.05, 0) is 49.7 Å². The van der Waals surface area contributed by atoms with E-state index < -0.39 is 5.97 Å². The standard InChI is InChI=1S/C19H18Cl2FNO2/c20-15-6-5-13(11-16(15)21)18(14-3-1-2-4-17(14)22)23-9-7-12(8-10-23)19(24)25/h1-6,11-12,18H,7-10H2,(H,24,25). The molecule has 1 heterocycles. The first kappa shape index (κ1) is 18.2. The van der Waals surface area contributed by atoms with Gasteiger partial charge in [0.05, 0.1) is 22.0 Å². The van der Waals surface area contributed by atoms with Crippen molar-refractivity contribution in [1.29, 1.82) is 0 Å². The van der Waals surface area contributed by atoms with Crippen molar-refractivity contribution in [3.8, 4) is 0 Å². The Morgan fingerprint density at radius 3 is 2.40 bits per heavy atom. The first-order valence-corrected chi connectivity index (χ1v) is 8.89. The Kier molecular flexibility index (Phi) is 5.62. The van der Waals surface area contributed by atoms with Crippen molar-refractivity contribution < 1.29 is 14.3 Å². The van der Waals surface area contributed by atoms with Gasteiger partial charge in [-0.1, -0.05) is 47.5 Å². The maximum atomic E-state index is 14.5. The predicted octanol–water partition coefficient (Wildman–Crippen LogP) is 5.02.